The topological polar surface area (TPSA) is 47.9 Å². The molecule has 1 aromatic carbocycles. The Labute approximate surface area is 114 Å². The molecule has 0 saturated heterocycles. The van der Waals surface area contributed by atoms with E-state index < -0.39 is 5.82 Å². The van der Waals surface area contributed by atoms with Crippen LogP contribution in [0.15, 0.2) is 22.7 Å². The molecular weight excluding hydrogens is 336 g/mol. The molecule has 0 fully saturated rings. The van der Waals surface area contributed by atoms with Gasteiger partial charge in [-0.15, -0.1) is 10.2 Å². The third-order valence-corrected chi connectivity index (χ3v) is 2.70. The van der Waals surface area contributed by atoms with Crippen LogP contribution in [0, 0.1) is 5.82 Å². The number of hydrogen-bond acceptors (Lipinski definition) is 4. The van der Waals surface area contributed by atoms with E-state index in [1.54, 1.807) is 0 Å². The van der Waals surface area contributed by atoms with Crippen LogP contribution < -0.4 is 4.74 Å². The first-order valence-electron chi connectivity index (χ1n) is 4.25. The number of aromatic nitrogens is 3. The van der Waals surface area contributed by atoms with Crippen molar-refractivity contribution in [3.05, 3.63) is 38.9 Å². The lowest BCUT2D eigenvalue weighted by molar-refractivity contribution is 0.455. The van der Waals surface area contributed by atoms with E-state index in [9.17, 15) is 4.39 Å². The summed E-state index contributed by atoms with van der Waals surface area (Å²) >= 11 is 14.3. The molecule has 0 amide bonds. The van der Waals surface area contributed by atoms with Gasteiger partial charge in [-0.1, -0.05) is 11.6 Å². The van der Waals surface area contributed by atoms with Gasteiger partial charge in [0.25, 0.3) is 5.88 Å². The molecule has 0 spiro atoms. The SMILES string of the molecule is Fc1ccc(Oc2nc(Cl)nnc2Cl)cc1Br. The van der Waals surface area contributed by atoms with Gasteiger partial charge in [-0.25, -0.2) is 4.39 Å². The molecule has 17 heavy (non-hydrogen) atoms. The van der Waals surface area contributed by atoms with Crippen LogP contribution >= 0.6 is 39.1 Å². The summed E-state index contributed by atoms with van der Waals surface area (Å²) in [7, 11) is 0. The van der Waals surface area contributed by atoms with Gasteiger partial charge in [0, 0.05) is 0 Å². The molecule has 0 N–H and O–H groups in total. The van der Waals surface area contributed by atoms with Crippen LogP contribution in [0.1, 0.15) is 0 Å². The van der Waals surface area contributed by atoms with E-state index >= 15 is 0 Å². The van der Waals surface area contributed by atoms with Gasteiger partial charge in [-0.2, -0.15) is 4.98 Å². The second-order valence-electron chi connectivity index (χ2n) is 2.85. The Hall–Kier alpha value is -0.980. The van der Waals surface area contributed by atoms with Crippen LogP contribution in [0.25, 0.3) is 0 Å². The molecule has 0 aliphatic heterocycles. The summed E-state index contributed by atoms with van der Waals surface area (Å²) in [5.74, 6) is -0.0517. The number of ether oxygens (including phenoxy) is 1. The summed E-state index contributed by atoms with van der Waals surface area (Å²) in [6, 6.07) is 4.09. The number of hydrogen-bond donors (Lipinski definition) is 0. The van der Waals surface area contributed by atoms with E-state index in [4.69, 9.17) is 27.9 Å². The van der Waals surface area contributed by atoms with Crippen molar-refractivity contribution in [2.45, 2.75) is 0 Å². The second kappa shape index (κ2) is 5.12. The monoisotopic (exact) mass is 337 g/mol. The largest absolute Gasteiger partial charge is 0.436 e. The highest BCUT2D eigenvalue weighted by Gasteiger charge is 2.10. The van der Waals surface area contributed by atoms with Crippen molar-refractivity contribution in [3.8, 4) is 11.6 Å². The van der Waals surface area contributed by atoms with Crippen LogP contribution in [0.4, 0.5) is 4.39 Å². The Morgan fingerprint density at radius 1 is 1.24 bits per heavy atom. The average Bonchev–Trinajstić information content (AvgIpc) is 2.29. The minimum atomic E-state index is -0.401. The number of halogens is 4. The van der Waals surface area contributed by atoms with Gasteiger partial charge >= 0.3 is 0 Å². The Morgan fingerprint density at radius 3 is 2.71 bits per heavy atom. The van der Waals surface area contributed by atoms with Crippen LogP contribution in [-0.2, 0) is 0 Å². The Bertz CT molecular complexity index is 570. The molecule has 1 aromatic heterocycles. The molecule has 0 aliphatic rings. The first-order chi connectivity index (χ1) is 8.06. The van der Waals surface area contributed by atoms with Crippen LogP contribution in [0.5, 0.6) is 11.6 Å². The van der Waals surface area contributed by atoms with Gasteiger partial charge in [0.15, 0.2) is 0 Å². The second-order valence-corrected chi connectivity index (χ2v) is 4.41. The van der Waals surface area contributed by atoms with Crippen molar-refractivity contribution in [1.82, 2.24) is 15.2 Å². The van der Waals surface area contributed by atoms with Crippen LogP contribution in [0.3, 0.4) is 0 Å². The molecule has 0 radical (unpaired) electrons. The molecule has 0 saturated carbocycles. The van der Waals surface area contributed by atoms with E-state index in [0.29, 0.717) is 5.75 Å². The molecule has 0 aliphatic carbocycles. The third kappa shape index (κ3) is 3.02. The fraction of sp³-hybridized carbons (Fsp3) is 0. The normalized spacial score (nSPS) is 10.4. The smallest absolute Gasteiger partial charge is 0.262 e. The van der Waals surface area contributed by atoms with E-state index in [1.165, 1.54) is 18.2 Å². The van der Waals surface area contributed by atoms with Crippen LogP contribution in [-0.4, -0.2) is 15.2 Å². The lowest BCUT2D eigenvalue weighted by Crippen LogP contribution is -1.95. The van der Waals surface area contributed by atoms with Crippen LogP contribution in [0.2, 0.25) is 10.4 Å². The molecule has 1 heterocycles. The first kappa shape index (κ1) is 12.5. The number of nitrogens with zero attached hydrogens (tertiary/aromatic N) is 3. The molecule has 0 atom stereocenters. The van der Waals surface area contributed by atoms with Crippen molar-refractivity contribution < 1.29 is 9.13 Å². The predicted molar refractivity (Wildman–Crippen MR) is 64.0 cm³/mol. The van der Waals surface area contributed by atoms with Gasteiger partial charge in [0.05, 0.1) is 4.47 Å². The molecular formula is C9H3BrCl2FN3O. The fourth-order valence-corrected chi connectivity index (χ4v) is 1.59. The summed E-state index contributed by atoms with van der Waals surface area (Å²) in [5.41, 5.74) is 0. The summed E-state index contributed by atoms with van der Waals surface area (Å²) in [4.78, 5) is 3.75. The summed E-state index contributed by atoms with van der Waals surface area (Å²) in [5, 5.41) is 6.84. The lowest BCUT2D eigenvalue weighted by Gasteiger charge is -2.05. The van der Waals surface area contributed by atoms with Crippen molar-refractivity contribution in [3.63, 3.8) is 0 Å². The van der Waals surface area contributed by atoms with Gasteiger partial charge in [-0.05, 0) is 45.7 Å². The third-order valence-electron chi connectivity index (χ3n) is 1.70. The molecule has 0 unspecified atom stereocenters. The van der Waals surface area contributed by atoms with Gasteiger partial charge < -0.3 is 4.74 Å². The maximum Gasteiger partial charge on any atom is 0.262 e. The zero-order valence-electron chi connectivity index (χ0n) is 7.99. The summed E-state index contributed by atoms with van der Waals surface area (Å²) in [6.07, 6.45) is 0. The lowest BCUT2D eigenvalue weighted by atomic mass is 10.3. The van der Waals surface area contributed by atoms with Gasteiger partial charge in [-0.3, -0.25) is 0 Å². The number of rotatable bonds is 2. The van der Waals surface area contributed by atoms with Crippen molar-refractivity contribution in [2.24, 2.45) is 0 Å². The van der Waals surface area contributed by atoms with E-state index in [-0.39, 0.29) is 20.8 Å². The maximum absolute atomic E-state index is 13.0. The van der Waals surface area contributed by atoms with Crippen molar-refractivity contribution >= 4 is 39.1 Å². The summed E-state index contributed by atoms with van der Waals surface area (Å²) < 4.78 is 18.6. The maximum atomic E-state index is 13.0. The quantitative estimate of drug-likeness (QED) is 0.833. The Kier molecular flexibility index (Phi) is 3.76. The fourth-order valence-electron chi connectivity index (χ4n) is 0.997. The summed E-state index contributed by atoms with van der Waals surface area (Å²) in [6.45, 7) is 0. The highest BCUT2D eigenvalue weighted by Crippen LogP contribution is 2.28. The molecule has 2 aromatic rings. The minimum Gasteiger partial charge on any atom is -0.436 e. The van der Waals surface area contributed by atoms with Gasteiger partial charge in [0.2, 0.25) is 10.4 Å². The molecule has 2 rings (SSSR count). The average molecular weight is 339 g/mol. The number of benzene rings is 1. The zero-order chi connectivity index (χ0) is 12.4. The zero-order valence-corrected chi connectivity index (χ0v) is 11.1. The van der Waals surface area contributed by atoms with Crippen molar-refractivity contribution in [2.75, 3.05) is 0 Å². The highest BCUT2D eigenvalue weighted by molar-refractivity contribution is 9.10. The first-order valence-corrected chi connectivity index (χ1v) is 5.80. The molecule has 8 heteroatoms. The van der Waals surface area contributed by atoms with E-state index in [2.05, 4.69) is 31.1 Å². The van der Waals surface area contributed by atoms with E-state index in [1.807, 2.05) is 0 Å². The van der Waals surface area contributed by atoms with E-state index in [0.717, 1.165) is 0 Å². The molecule has 4 nitrogen and oxygen atoms in total. The minimum absolute atomic E-state index is 0.00479. The highest BCUT2D eigenvalue weighted by atomic mass is 79.9. The predicted octanol–water partition coefficient (Wildman–Crippen LogP) is 3.87. The standard InChI is InChI=1S/C9H3BrCl2FN3O/c10-5-3-4(1-2-6(5)13)17-8-7(11)15-16-9(12)14-8/h1-3H. The Morgan fingerprint density at radius 2 is 2.00 bits per heavy atom. The molecule has 88 valence electrons. The Balaban J connectivity index is 2.31. The van der Waals surface area contributed by atoms with Gasteiger partial charge in [0.1, 0.15) is 11.6 Å². The molecule has 0 bridgehead atoms. The van der Waals surface area contributed by atoms with Crippen molar-refractivity contribution in [1.29, 1.82) is 0 Å².